The van der Waals surface area contributed by atoms with Crippen molar-refractivity contribution in [3.63, 3.8) is 0 Å². The van der Waals surface area contributed by atoms with Gasteiger partial charge < -0.3 is 14.5 Å². The van der Waals surface area contributed by atoms with Gasteiger partial charge in [-0.1, -0.05) is 6.42 Å². The highest BCUT2D eigenvalue weighted by atomic mass is 16.5. The fourth-order valence-electron chi connectivity index (χ4n) is 3.45. The van der Waals surface area contributed by atoms with E-state index in [0.29, 0.717) is 26.2 Å². The molecule has 5 nitrogen and oxygen atoms in total. The molecule has 1 heterocycles. The summed E-state index contributed by atoms with van der Waals surface area (Å²) in [4.78, 5) is 28.9. The standard InChI is InChI=1S/C19H26N2O3/c1-13-12-17(24-3)14(2)11-16(13)19(23)21-9-7-20(8-10-21)18(22)15-5-4-6-15/h11-12,15H,4-10H2,1-3H3. The van der Waals surface area contributed by atoms with Gasteiger partial charge in [0.05, 0.1) is 7.11 Å². The zero-order chi connectivity index (χ0) is 17.3. The van der Waals surface area contributed by atoms with Crippen LogP contribution in [0.3, 0.4) is 0 Å². The molecule has 0 aromatic heterocycles. The quantitative estimate of drug-likeness (QED) is 0.855. The van der Waals surface area contributed by atoms with Crippen LogP contribution < -0.4 is 4.74 Å². The summed E-state index contributed by atoms with van der Waals surface area (Å²) in [7, 11) is 1.64. The molecule has 24 heavy (non-hydrogen) atoms. The molecule has 130 valence electrons. The first-order valence-electron chi connectivity index (χ1n) is 8.74. The largest absolute Gasteiger partial charge is 0.496 e. The molecule has 2 fully saturated rings. The molecule has 2 amide bonds. The first-order valence-corrected chi connectivity index (χ1v) is 8.74. The number of rotatable bonds is 3. The minimum Gasteiger partial charge on any atom is -0.496 e. The van der Waals surface area contributed by atoms with E-state index in [4.69, 9.17) is 4.74 Å². The summed E-state index contributed by atoms with van der Waals surface area (Å²) in [6.45, 7) is 6.41. The van der Waals surface area contributed by atoms with E-state index in [1.54, 1.807) is 7.11 Å². The van der Waals surface area contributed by atoms with Crippen LogP contribution in [0.2, 0.25) is 0 Å². The second kappa shape index (κ2) is 6.83. The van der Waals surface area contributed by atoms with Crippen LogP contribution in [0.5, 0.6) is 5.75 Å². The molecular weight excluding hydrogens is 304 g/mol. The number of ether oxygens (including phenoxy) is 1. The molecule has 0 atom stereocenters. The zero-order valence-electron chi connectivity index (χ0n) is 14.8. The Balaban J connectivity index is 1.65. The first kappa shape index (κ1) is 16.8. The molecule has 1 aliphatic heterocycles. The predicted molar refractivity (Wildman–Crippen MR) is 92.3 cm³/mol. The lowest BCUT2D eigenvalue weighted by Gasteiger charge is -2.38. The number of aryl methyl sites for hydroxylation is 2. The Morgan fingerprint density at radius 1 is 1.00 bits per heavy atom. The molecule has 3 rings (SSSR count). The van der Waals surface area contributed by atoms with E-state index in [-0.39, 0.29) is 17.7 Å². The van der Waals surface area contributed by atoms with Crippen molar-refractivity contribution in [2.24, 2.45) is 5.92 Å². The van der Waals surface area contributed by atoms with Crippen LogP contribution in [0.1, 0.15) is 40.7 Å². The normalized spacial score (nSPS) is 18.3. The lowest BCUT2D eigenvalue weighted by molar-refractivity contribution is -0.139. The van der Waals surface area contributed by atoms with Crippen LogP contribution in [-0.4, -0.2) is 54.9 Å². The van der Waals surface area contributed by atoms with Gasteiger partial charge in [-0.05, 0) is 49.9 Å². The lowest BCUT2D eigenvalue weighted by atomic mass is 9.84. The van der Waals surface area contributed by atoms with Crippen molar-refractivity contribution in [3.8, 4) is 5.75 Å². The Labute approximate surface area is 143 Å². The Hall–Kier alpha value is -2.04. The highest BCUT2D eigenvalue weighted by Crippen LogP contribution is 2.29. The Bertz CT molecular complexity index is 644. The molecule has 0 bridgehead atoms. The van der Waals surface area contributed by atoms with Gasteiger partial charge in [0.15, 0.2) is 0 Å². The van der Waals surface area contributed by atoms with Crippen LogP contribution in [0.15, 0.2) is 12.1 Å². The summed E-state index contributed by atoms with van der Waals surface area (Å²) in [5.74, 6) is 1.37. The number of hydrogen-bond acceptors (Lipinski definition) is 3. The Morgan fingerprint density at radius 2 is 1.62 bits per heavy atom. The molecule has 1 saturated heterocycles. The number of methoxy groups -OCH3 is 1. The maximum Gasteiger partial charge on any atom is 0.254 e. The second-order valence-electron chi connectivity index (χ2n) is 6.88. The monoisotopic (exact) mass is 330 g/mol. The summed E-state index contributed by atoms with van der Waals surface area (Å²) in [5, 5.41) is 0. The topological polar surface area (TPSA) is 49.9 Å². The van der Waals surface area contributed by atoms with Crippen LogP contribution in [0.25, 0.3) is 0 Å². The van der Waals surface area contributed by atoms with Crippen molar-refractivity contribution < 1.29 is 14.3 Å². The average molecular weight is 330 g/mol. The Morgan fingerprint density at radius 3 is 2.17 bits per heavy atom. The molecule has 1 aromatic carbocycles. The van der Waals surface area contributed by atoms with Gasteiger partial charge >= 0.3 is 0 Å². The number of nitrogens with zero attached hydrogens (tertiary/aromatic N) is 2. The van der Waals surface area contributed by atoms with E-state index in [9.17, 15) is 9.59 Å². The third-order valence-electron chi connectivity index (χ3n) is 5.31. The van der Waals surface area contributed by atoms with Crippen molar-refractivity contribution in [2.45, 2.75) is 33.1 Å². The van der Waals surface area contributed by atoms with Gasteiger partial charge in [-0.3, -0.25) is 9.59 Å². The summed E-state index contributed by atoms with van der Waals surface area (Å²) >= 11 is 0. The minimum atomic E-state index is 0.0500. The highest BCUT2D eigenvalue weighted by molar-refractivity contribution is 5.96. The van der Waals surface area contributed by atoms with Gasteiger partial charge in [-0.25, -0.2) is 0 Å². The third-order valence-corrected chi connectivity index (χ3v) is 5.31. The van der Waals surface area contributed by atoms with Gasteiger partial charge in [0.25, 0.3) is 5.91 Å². The number of carbonyl (C=O) groups excluding carboxylic acids is 2. The molecule has 1 aromatic rings. The van der Waals surface area contributed by atoms with E-state index < -0.39 is 0 Å². The molecule has 1 aliphatic carbocycles. The molecule has 0 spiro atoms. The summed E-state index contributed by atoms with van der Waals surface area (Å²) in [5.41, 5.74) is 2.62. The van der Waals surface area contributed by atoms with Gasteiger partial charge in [0.2, 0.25) is 5.91 Å². The minimum absolute atomic E-state index is 0.0500. The molecule has 2 aliphatic rings. The summed E-state index contributed by atoms with van der Waals surface area (Å²) in [6.07, 6.45) is 3.23. The van der Waals surface area contributed by atoms with Crippen LogP contribution in [0, 0.1) is 19.8 Å². The average Bonchev–Trinajstić information content (AvgIpc) is 2.54. The molecule has 5 heteroatoms. The SMILES string of the molecule is COc1cc(C)c(C(=O)N2CCN(C(=O)C3CCC3)CC2)cc1C. The van der Waals surface area contributed by atoms with Crippen molar-refractivity contribution in [2.75, 3.05) is 33.3 Å². The predicted octanol–water partition coefficient (Wildman–Crippen LogP) is 2.40. The summed E-state index contributed by atoms with van der Waals surface area (Å²) in [6, 6.07) is 3.82. The number of amides is 2. The molecule has 1 saturated carbocycles. The molecule has 0 unspecified atom stereocenters. The van der Waals surface area contributed by atoms with Gasteiger partial charge in [0.1, 0.15) is 5.75 Å². The van der Waals surface area contributed by atoms with Crippen molar-refractivity contribution >= 4 is 11.8 Å². The number of hydrogen-bond donors (Lipinski definition) is 0. The first-order chi connectivity index (χ1) is 11.5. The smallest absolute Gasteiger partial charge is 0.254 e. The van der Waals surface area contributed by atoms with Gasteiger partial charge in [-0.2, -0.15) is 0 Å². The number of benzene rings is 1. The van der Waals surface area contributed by atoms with Crippen molar-refractivity contribution in [3.05, 3.63) is 28.8 Å². The number of piperazine rings is 1. The number of carbonyl (C=O) groups is 2. The fraction of sp³-hybridized carbons (Fsp3) is 0.579. The van der Waals surface area contributed by atoms with E-state index in [1.807, 2.05) is 35.8 Å². The van der Waals surface area contributed by atoms with E-state index in [2.05, 4.69) is 0 Å². The zero-order valence-corrected chi connectivity index (χ0v) is 14.8. The second-order valence-corrected chi connectivity index (χ2v) is 6.88. The molecule has 0 radical (unpaired) electrons. The van der Waals surface area contributed by atoms with E-state index >= 15 is 0 Å². The van der Waals surface area contributed by atoms with E-state index in [0.717, 1.165) is 35.3 Å². The maximum absolute atomic E-state index is 12.8. The third kappa shape index (κ3) is 3.12. The van der Waals surface area contributed by atoms with Gasteiger partial charge in [-0.15, -0.1) is 0 Å². The van der Waals surface area contributed by atoms with Crippen molar-refractivity contribution in [1.82, 2.24) is 9.80 Å². The maximum atomic E-state index is 12.8. The summed E-state index contributed by atoms with van der Waals surface area (Å²) < 4.78 is 5.32. The fourth-order valence-corrected chi connectivity index (χ4v) is 3.45. The van der Waals surface area contributed by atoms with Crippen LogP contribution in [-0.2, 0) is 4.79 Å². The van der Waals surface area contributed by atoms with Crippen molar-refractivity contribution in [1.29, 1.82) is 0 Å². The molecular formula is C19H26N2O3. The highest BCUT2D eigenvalue weighted by Gasteiger charge is 2.32. The van der Waals surface area contributed by atoms with E-state index in [1.165, 1.54) is 6.42 Å². The van der Waals surface area contributed by atoms with Crippen LogP contribution in [0.4, 0.5) is 0 Å². The van der Waals surface area contributed by atoms with Crippen LogP contribution >= 0.6 is 0 Å². The Kier molecular flexibility index (Phi) is 4.78. The lowest BCUT2D eigenvalue weighted by Crippen LogP contribution is -2.52. The van der Waals surface area contributed by atoms with Gasteiger partial charge in [0, 0.05) is 37.7 Å². The molecule has 0 N–H and O–H groups in total.